The van der Waals surface area contributed by atoms with Crippen LogP contribution in [-0.4, -0.2) is 24.4 Å². The number of sulfone groups is 1. The molecule has 0 aliphatic heterocycles. The number of hydrogen-bond acceptors (Lipinski definition) is 4. The molecule has 1 aliphatic carbocycles. The van der Waals surface area contributed by atoms with Gasteiger partial charge in [-0.2, -0.15) is 26.3 Å². The van der Waals surface area contributed by atoms with E-state index in [1.165, 1.54) is 0 Å². The summed E-state index contributed by atoms with van der Waals surface area (Å²) in [4.78, 5) is 15.0. The van der Waals surface area contributed by atoms with Crippen molar-refractivity contribution in [3.05, 3.63) is 59.4 Å². The molecule has 2 aromatic rings. The van der Waals surface area contributed by atoms with E-state index < -0.39 is 49.4 Å². The summed E-state index contributed by atoms with van der Waals surface area (Å²) in [6.45, 7) is 0. The van der Waals surface area contributed by atoms with Crippen LogP contribution < -0.4 is 0 Å². The van der Waals surface area contributed by atoms with Crippen LogP contribution in [0.1, 0.15) is 47.3 Å². The van der Waals surface area contributed by atoms with Gasteiger partial charge in [0.05, 0.1) is 15.7 Å². The van der Waals surface area contributed by atoms with Gasteiger partial charge in [-0.15, -0.1) is 0 Å². The van der Waals surface area contributed by atoms with Gasteiger partial charge in [0.2, 0.25) is 0 Å². The number of hydrogen-bond donors (Lipinski definition) is 0. The van der Waals surface area contributed by atoms with Gasteiger partial charge in [0.15, 0.2) is 15.6 Å². The van der Waals surface area contributed by atoms with Crippen molar-refractivity contribution in [2.45, 2.75) is 48.2 Å². The van der Waals surface area contributed by atoms with E-state index in [2.05, 4.69) is 4.98 Å². The van der Waals surface area contributed by atoms with Crippen LogP contribution in [0, 0.1) is 5.92 Å². The standard InChI is InChI=1S/C20H17F6NO3S/c21-19(22,23)14-2-1-3-15(10-14)31(29,30)16-8-12(9-16)4-6-17(28)13-5-7-18(27-11-13)20(24,25)26/h1-3,5,7,10-12,16H,4,6,8-9H2. The lowest BCUT2D eigenvalue weighted by Gasteiger charge is -2.34. The Kier molecular flexibility index (Phi) is 6.18. The SMILES string of the molecule is O=C(CCC1CC(S(=O)(=O)c2cccc(C(F)(F)F)c2)C1)c1ccc(C(F)(F)F)nc1. The lowest BCUT2D eigenvalue weighted by atomic mass is 9.81. The van der Waals surface area contributed by atoms with E-state index in [-0.39, 0.29) is 30.7 Å². The molecule has 168 valence electrons. The molecule has 0 spiro atoms. The van der Waals surface area contributed by atoms with Crippen molar-refractivity contribution in [3.63, 3.8) is 0 Å². The van der Waals surface area contributed by atoms with Gasteiger partial charge >= 0.3 is 12.4 Å². The fourth-order valence-electron chi connectivity index (χ4n) is 3.41. The number of nitrogens with zero attached hydrogens (tertiary/aromatic N) is 1. The molecule has 1 saturated carbocycles. The van der Waals surface area contributed by atoms with Crippen molar-refractivity contribution in [2.75, 3.05) is 0 Å². The quantitative estimate of drug-likeness (QED) is 0.427. The van der Waals surface area contributed by atoms with Gasteiger partial charge in [-0.25, -0.2) is 8.42 Å². The molecule has 0 unspecified atom stereocenters. The Labute approximate surface area is 174 Å². The topological polar surface area (TPSA) is 64.1 Å². The molecule has 0 N–H and O–H groups in total. The van der Waals surface area contributed by atoms with Crippen LogP contribution >= 0.6 is 0 Å². The average Bonchev–Trinajstić information content (AvgIpc) is 2.65. The smallest absolute Gasteiger partial charge is 0.294 e. The maximum Gasteiger partial charge on any atom is 0.433 e. The Bertz CT molecular complexity index is 1060. The summed E-state index contributed by atoms with van der Waals surface area (Å²) in [5.74, 6) is -0.526. The first-order valence-corrected chi connectivity index (χ1v) is 10.8. The summed E-state index contributed by atoms with van der Waals surface area (Å²) in [7, 11) is -3.93. The van der Waals surface area contributed by atoms with Gasteiger partial charge in [-0.05, 0) is 55.5 Å². The predicted octanol–water partition coefficient (Wildman–Crippen LogP) is 5.33. The third-order valence-electron chi connectivity index (χ3n) is 5.28. The molecule has 1 aromatic carbocycles. The molecule has 1 fully saturated rings. The van der Waals surface area contributed by atoms with Crippen molar-refractivity contribution in [1.82, 2.24) is 4.98 Å². The number of ketones is 1. The zero-order valence-corrected chi connectivity index (χ0v) is 16.7. The summed E-state index contributed by atoms with van der Waals surface area (Å²) in [5, 5.41) is -0.830. The second-order valence-electron chi connectivity index (χ2n) is 7.42. The first kappa shape index (κ1) is 23.2. The van der Waals surface area contributed by atoms with Gasteiger partial charge in [0, 0.05) is 18.2 Å². The number of carbonyl (C=O) groups excluding carboxylic acids is 1. The van der Waals surface area contributed by atoms with Crippen LogP contribution in [0.15, 0.2) is 47.5 Å². The van der Waals surface area contributed by atoms with Gasteiger partial charge in [-0.3, -0.25) is 9.78 Å². The highest BCUT2D eigenvalue weighted by atomic mass is 32.2. The fourth-order valence-corrected chi connectivity index (χ4v) is 5.41. The molecule has 0 atom stereocenters. The van der Waals surface area contributed by atoms with Crippen molar-refractivity contribution in [1.29, 1.82) is 0 Å². The summed E-state index contributed by atoms with van der Waals surface area (Å²) in [6.07, 6.45) is -7.65. The van der Waals surface area contributed by atoms with Crippen molar-refractivity contribution >= 4 is 15.6 Å². The monoisotopic (exact) mass is 465 g/mol. The molecule has 4 nitrogen and oxygen atoms in total. The van der Waals surface area contributed by atoms with Crippen LogP contribution in [0.2, 0.25) is 0 Å². The second kappa shape index (κ2) is 8.25. The third kappa shape index (κ3) is 5.25. The summed E-state index contributed by atoms with van der Waals surface area (Å²) in [5.41, 5.74) is -2.12. The molecular formula is C20H17F6NO3S. The van der Waals surface area contributed by atoms with E-state index in [1.807, 2.05) is 0 Å². The first-order chi connectivity index (χ1) is 14.3. The summed E-state index contributed by atoms with van der Waals surface area (Å²) < 4.78 is 101. The lowest BCUT2D eigenvalue weighted by molar-refractivity contribution is -0.141. The molecule has 0 saturated heterocycles. The molecule has 1 aromatic heterocycles. The molecule has 11 heteroatoms. The van der Waals surface area contributed by atoms with Crippen molar-refractivity contribution in [3.8, 4) is 0 Å². The maximum absolute atomic E-state index is 12.8. The van der Waals surface area contributed by atoms with E-state index in [1.54, 1.807) is 0 Å². The molecular weight excluding hydrogens is 448 g/mol. The Morgan fingerprint density at radius 2 is 1.68 bits per heavy atom. The van der Waals surface area contributed by atoms with E-state index >= 15 is 0 Å². The van der Waals surface area contributed by atoms with Crippen LogP contribution in [0.4, 0.5) is 26.3 Å². The maximum atomic E-state index is 12.8. The number of alkyl halides is 6. The molecule has 0 bridgehead atoms. The lowest BCUT2D eigenvalue weighted by Crippen LogP contribution is -2.36. The van der Waals surface area contributed by atoms with Crippen LogP contribution in [0.25, 0.3) is 0 Å². The van der Waals surface area contributed by atoms with Gasteiger partial charge in [-0.1, -0.05) is 6.07 Å². The number of Topliss-reactive ketones (excluding diaryl/α,β-unsaturated/α-hetero) is 1. The Morgan fingerprint density at radius 1 is 1.00 bits per heavy atom. The van der Waals surface area contributed by atoms with Gasteiger partial charge < -0.3 is 0 Å². The van der Waals surface area contributed by atoms with E-state index in [0.717, 1.165) is 30.5 Å². The minimum atomic E-state index is -4.65. The largest absolute Gasteiger partial charge is 0.433 e. The molecule has 0 radical (unpaired) electrons. The molecule has 3 rings (SSSR count). The zero-order chi connectivity index (χ0) is 23.0. The third-order valence-corrected chi connectivity index (χ3v) is 7.45. The Hall–Kier alpha value is -2.43. The van der Waals surface area contributed by atoms with Crippen molar-refractivity contribution < 1.29 is 39.6 Å². The minimum absolute atomic E-state index is 0.00797. The normalized spacial score (nSPS) is 19.7. The van der Waals surface area contributed by atoms with Gasteiger partial charge in [0.25, 0.3) is 0 Å². The number of carbonyl (C=O) groups is 1. The number of aromatic nitrogens is 1. The average molecular weight is 465 g/mol. The van der Waals surface area contributed by atoms with E-state index in [9.17, 15) is 39.6 Å². The Morgan fingerprint density at radius 3 is 2.23 bits per heavy atom. The van der Waals surface area contributed by atoms with Crippen LogP contribution in [-0.2, 0) is 22.2 Å². The van der Waals surface area contributed by atoms with E-state index in [4.69, 9.17) is 0 Å². The fraction of sp³-hybridized carbons (Fsp3) is 0.400. The minimum Gasteiger partial charge on any atom is -0.294 e. The number of rotatable bonds is 6. The number of pyridine rings is 1. The van der Waals surface area contributed by atoms with Gasteiger partial charge in [0.1, 0.15) is 5.69 Å². The number of benzene rings is 1. The zero-order valence-electron chi connectivity index (χ0n) is 15.9. The van der Waals surface area contributed by atoms with Crippen molar-refractivity contribution in [2.24, 2.45) is 5.92 Å². The number of halogens is 6. The highest BCUT2D eigenvalue weighted by molar-refractivity contribution is 7.92. The highest BCUT2D eigenvalue weighted by Gasteiger charge is 2.40. The van der Waals surface area contributed by atoms with E-state index in [0.29, 0.717) is 18.6 Å². The van der Waals surface area contributed by atoms with Crippen LogP contribution in [0.3, 0.4) is 0 Å². The Balaban J connectivity index is 1.55. The highest BCUT2D eigenvalue weighted by Crippen LogP contribution is 2.40. The predicted molar refractivity (Wildman–Crippen MR) is 97.9 cm³/mol. The summed E-state index contributed by atoms with van der Waals surface area (Å²) >= 11 is 0. The molecule has 0 amide bonds. The van der Waals surface area contributed by atoms with Crippen LogP contribution in [0.5, 0.6) is 0 Å². The summed E-state index contributed by atoms with van der Waals surface area (Å²) in [6, 6.07) is 5.34. The molecule has 1 aliphatic rings. The molecule has 1 heterocycles. The molecule has 31 heavy (non-hydrogen) atoms. The second-order valence-corrected chi connectivity index (χ2v) is 9.65. The first-order valence-electron chi connectivity index (χ1n) is 9.26.